The van der Waals surface area contributed by atoms with Gasteiger partial charge in [0.05, 0.1) is 0 Å². The van der Waals surface area contributed by atoms with Crippen LogP contribution in [0.5, 0.6) is 0 Å². The van der Waals surface area contributed by atoms with Gasteiger partial charge in [0.1, 0.15) is 5.01 Å². The van der Waals surface area contributed by atoms with Gasteiger partial charge in [-0.3, -0.25) is 0 Å². The Kier molecular flexibility index (Phi) is 4.77. The molecule has 0 aliphatic carbocycles. The summed E-state index contributed by atoms with van der Waals surface area (Å²) in [5.41, 5.74) is 6.66. The van der Waals surface area contributed by atoms with Crippen molar-refractivity contribution in [1.82, 2.24) is 4.98 Å². The van der Waals surface area contributed by atoms with E-state index in [2.05, 4.69) is 17.3 Å². The number of thioether (sulfide) groups is 1. The summed E-state index contributed by atoms with van der Waals surface area (Å²) in [6, 6.07) is 0. The number of nitrogens with zero attached hydrogens (tertiary/aromatic N) is 1. The zero-order chi connectivity index (χ0) is 9.68. The Morgan fingerprint density at radius 2 is 2.46 bits per heavy atom. The van der Waals surface area contributed by atoms with Crippen LogP contribution in [0.25, 0.3) is 0 Å². The molecule has 0 fully saturated rings. The predicted molar refractivity (Wildman–Crippen MR) is 61.2 cm³/mol. The topological polar surface area (TPSA) is 38.9 Å². The van der Waals surface area contributed by atoms with Gasteiger partial charge in [0.15, 0.2) is 0 Å². The Morgan fingerprint density at radius 3 is 3.00 bits per heavy atom. The van der Waals surface area contributed by atoms with Crippen molar-refractivity contribution in [3.05, 3.63) is 16.1 Å². The Hall–Kier alpha value is -0.0600. The lowest BCUT2D eigenvalue weighted by Crippen LogP contribution is -2.12. The molecule has 74 valence electrons. The quantitative estimate of drug-likeness (QED) is 0.820. The van der Waals surface area contributed by atoms with Crippen LogP contribution in [0.2, 0.25) is 0 Å². The van der Waals surface area contributed by atoms with Gasteiger partial charge >= 0.3 is 0 Å². The number of nitrogens with two attached hydrogens (primary N) is 1. The van der Waals surface area contributed by atoms with E-state index >= 15 is 0 Å². The average molecular weight is 216 g/mol. The van der Waals surface area contributed by atoms with Crippen LogP contribution in [-0.2, 0) is 5.75 Å². The van der Waals surface area contributed by atoms with Crippen LogP contribution in [0, 0.1) is 12.8 Å². The van der Waals surface area contributed by atoms with Crippen molar-refractivity contribution in [2.75, 3.05) is 12.3 Å². The van der Waals surface area contributed by atoms with E-state index in [1.807, 2.05) is 18.7 Å². The third kappa shape index (κ3) is 4.11. The van der Waals surface area contributed by atoms with Crippen molar-refractivity contribution >= 4 is 23.1 Å². The Morgan fingerprint density at radius 1 is 1.69 bits per heavy atom. The molecule has 0 aliphatic rings. The van der Waals surface area contributed by atoms with Crippen molar-refractivity contribution < 1.29 is 0 Å². The van der Waals surface area contributed by atoms with Crippen LogP contribution >= 0.6 is 23.1 Å². The molecule has 1 aromatic rings. The van der Waals surface area contributed by atoms with E-state index in [4.69, 9.17) is 5.73 Å². The first-order valence-electron chi connectivity index (χ1n) is 4.41. The molecule has 2 N–H and O–H groups in total. The molecule has 2 nitrogen and oxygen atoms in total. The lowest BCUT2D eigenvalue weighted by molar-refractivity contribution is 0.675. The SMILES string of the molecule is Cc1csc(CSCC(C)CN)n1. The van der Waals surface area contributed by atoms with Crippen LogP contribution in [0.3, 0.4) is 0 Å². The van der Waals surface area contributed by atoms with Crippen molar-refractivity contribution in [2.45, 2.75) is 19.6 Å². The van der Waals surface area contributed by atoms with Gasteiger partial charge in [-0.2, -0.15) is 11.8 Å². The molecule has 0 saturated heterocycles. The fourth-order valence-electron chi connectivity index (χ4n) is 0.884. The minimum Gasteiger partial charge on any atom is -0.330 e. The smallest absolute Gasteiger partial charge is 0.103 e. The van der Waals surface area contributed by atoms with Gasteiger partial charge in [-0.25, -0.2) is 4.98 Å². The van der Waals surface area contributed by atoms with Crippen LogP contribution in [0.4, 0.5) is 0 Å². The van der Waals surface area contributed by atoms with E-state index in [0.29, 0.717) is 5.92 Å². The molecule has 1 heterocycles. The minimum absolute atomic E-state index is 0.617. The van der Waals surface area contributed by atoms with Gasteiger partial charge in [0, 0.05) is 16.8 Å². The third-order valence-corrected chi connectivity index (χ3v) is 4.13. The van der Waals surface area contributed by atoms with Gasteiger partial charge in [-0.05, 0) is 25.1 Å². The first-order valence-corrected chi connectivity index (χ1v) is 6.44. The standard InChI is InChI=1S/C9H16N2S2/c1-7(3-10)4-12-6-9-11-8(2)5-13-9/h5,7H,3-4,6,10H2,1-2H3. The molecule has 0 aromatic carbocycles. The maximum atomic E-state index is 5.53. The first kappa shape index (κ1) is 11.0. The Balaban J connectivity index is 2.20. The molecule has 0 aliphatic heterocycles. The summed E-state index contributed by atoms with van der Waals surface area (Å²) in [4.78, 5) is 4.40. The van der Waals surface area contributed by atoms with Gasteiger partial charge in [0.2, 0.25) is 0 Å². The molecule has 0 saturated carbocycles. The maximum absolute atomic E-state index is 5.53. The molecule has 1 rings (SSSR count). The Labute approximate surface area is 87.9 Å². The molecule has 4 heteroatoms. The monoisotopic (exact) mass is 216 g/mol. The summed E-state index contributed by atoms with van der Waals surface area (Å²) in [6.45, 7) is 5.00. The number of aromatic nitrogens is 1. The van der Waals surface area contributed by atoms with E-state index in [1.165, 1.54) is 5.01 Å². The second-order valence-electron chi connectivity index (χ2n) is 3.24. The van der Waals surface area contributed by atoms with Crippen molar-refractivity contribution in [1.29, 1.82) is 0 Å². The molecule has 0 spiro atoms. The predicted octanol–water partition coefficient (Wildman–Crippen LogP) is 2.28. The molecule has 0 radical (unpaired) electrons. The normalized spacial score (nSPS) is 13.2. The summed E-state index contributed by atoms with van der Waals surface area (Å²) in [7, 11) is 0. The van der Waals surface area contributed by atoms with Crippen LogP contribution in [0.1, 0.15) is 17.6 Å². The highest BCUT2D eigenvalue weighted by molar-refractivity contribution is 7.98. The molecule has 1 aromatic heterocycles. The summed E-state index contributed by atoms with van der Waals surface area (Å²) >= 11 is 3.67. The van der Waals surface area contributed by atoms with Crippen molar-refractivity contribution in [3.8, 4) is 0 Å². The van der Waals surface area contributed by atoms with E-state index < -0.39 is 0 Å². The number of hydrogen-bond donors (Lipinski definition) is 1. The molecule has 1 atom stereocenters. The maximum Gasteiger partial charge on any atom is 0.103 e. The van der Waals surface area contributed by atoms with Crippen LogP contribution in [-0.4, -0.2) is 17.3 Å². The zero-order valence-corrected chi connectivity index (χ0v) is 9.75. The lowest BCUT2D eigenvalue weighted by atomic mass is 10.2. The minimum atomic E-state index is 0.617. The van der Waals surface area contributed by atoms with Gasteiger partial charge in [0.25, 0.3) is 0 Å². The van der Waals surface area contributed by atoms with Gasteiger partial charge < -0.3 is 5.73 Å². The van der Waals surface area contributed by atoms with Crippen LogP contribution < -0.4 is 5.73 Å². The second kappa shape index (κ2) is 5.62. The Bertz CT molecular complexity index is 248. The summed E-state index contributed by atoms with van der Waals surface area (Å²) < 4.78 is 0. The highest BCUT2D eigenvalue weighted by atomic mass is 32.2. The number of aryl methyl sites for hydroxylation is 1. The highest BCUT2D eigenvalue weighted by Gasteiger charge is 2.01. The van der Waals surface area contributed by atoms with Crippen molar-refractivity contribution in [2.24, 2.45) is 11.7 Å². The highest BCUT2D eigenvalue weighted by Crippen LogP contribution is 2.18. The molecule has 0 bridgehead atoms. The summed E-state index contributed by atoms with van der Waals surface area (Å²) in [6.07, 6.45) is 0. The number of hydrogen-bond acceptors (Lipinski definition) is 4. The van der Waals surface area contributed by atoms with E-state index in [1.54, 1.807) is 11.3 Å². The van der Waals surface area contributed by atoms with E-state index in [-0.39, 0.29) is 0 Å². The van der Waals surface area contributed by atoms with Gasteiger partial charge in [-0.15, -0.1) is 11.3 Å². The average Bonchev–Trinajstić information content (AvgIpc) is 2.51. The number of thiazole rings is 1. The zero-order valence-electron chi connectivity index (χ0n) is 8.12. The fourth-order valence-corrected chi connectivity index (χ4v) is 2.86. The van der Waals surface area contributed by atoms with Gasteiger partial charge in [-0.1, -0.05) is 6.92 Å². The first-order chi connectivity index (χ1) is 6.22. The summed E-state index contributed by atoms with van der Waals surface area (Å²) in [5, 5.41) is 3.33. The van der Waals surface area contributed by atoms with Crippen LogP contribution in [0.15, 0.2) is 5.38 Å². The third-order valence-electron chi connectivity index (χ3n) is 1.70. The molecule has 0 amide bonds. The molecular formula is C9H16N2S2. The number of rotatable bonds is 5. The second-order valence-corrected chi connectivity index (χ2v) is 5.21. The molecule has 13 heavy (non-hydrogen) atoms. The largest absolute Gasteiger partial charge is 0.330 e. The molecule has 1 unspecified atom stereocenters. The van der Waals surface area contributed by atoms with Crippen molar-refractivity contribution in [3.63, 3.8) is 0 Å². The summed E-state index contributed by atoms with van der Waals surface area (Å²) in [5.74, 6) is 2.78. The van der Waals surface area contributed by atoms with E-state index in [0.717, 1.165) is 23.7 Å². The van der Waals surface area contributed by atoms with E-state index in [9.17, 15) is 0 Å². The lowest BCUT2D eigenvalue weighted by Gasteiger charge is -2.05. The molecular weight excluding hydrogens is 200 g/mol. The fraction of sp³-hybridized carbons (Fsp3) is 0.667.